The number of rotatable bonds is 0. The highest BCUT2D eigenvalue weighted by molar-refractivity contribution is 7.65. The van der Waals surface area contributed by atoms with E-state index in [9.17, 15) is 9.36 Å². The van der Waals surface area contributed by atoms with Gasteiger partial charge in [-0.2, -0.15) is 0 Å². The Morgan fingerprint density at radius 3 is 2.18 bits per heavy atom. The van der Waals surface area contributed by atoms with E-state index in [1.807, 2.05) is 6.66 Å². The van der Waals surface area contributed by atoms with Gasteiger partial charge in [0, 0.05) is 24.2 Å². The molecule has 0 aromatic heterocycles. The second kappa shape index (κ2) is 2.20. The number of carbonyl (C=O) groups is 1. The first kappa shape index (κ1) is 7.54. The molecule has 2 heterocycles. The van der Waals surface area contributed by atoms with E-state index < -0.39 is 7.14 Å². The van der Waals surface area contributed by atoms with Gasteiger partial charge in [0.2, 0.25) is 0 Å². The van der Waals surface area contributed by atoms with Crippen LogP contribution in [-0.2, 0) is 9.36 Å². The van der Waals surface area contributed by atoms with E-state index in [2.05, 4.69) is 0 Å². The number of ketones is 1. The quantitative estimate of drug-likeness (QED) is 0.523. The minimum absolute atomic E-state index is 0.258. The van der Waals surface area contributed by atoms with Crippen LogP contribution >= 0.6 is 7.14 Å². The van der Waals surface area contributed by atoms with Crippen molar-refractivity contribution in [2.75, 3.05) is 6.66 Å². The van der Waals surface area contributed by atoms with Crippen LogP contribution in [0.4, 0.5) is 0 Å². The van der Waals surface area contributed by atoms with Crippen LogP contribution in [0.5, 0.6) is 0 Å². The van der Waals surface area contributed by atoms with Crippen molar-refractivity contribution in [3.05, 3.63) is 0 Å². The molecule has 2 rings (SSSR count). The number of fused-ring (bicyclic) bond motifs is 2. The number of hydrogen-bond donors (Lipinski definition) is 0. The monoisotopic (exact) mass is 172 g/mol. The molecule has 2 nitrogen and oxygen atoms in total. The van der Waals surface area contributed by atoms with Crippen LogP contribution in [0, 0.1) is 0 Å². The van der Waals surface area contributed by atoms with Gasteiger partial charge >= 0.3 is 0 Å². The highest BCUT2D eigenvalue weighted by Gasteiger charge is 2.47. The highest BCUT2D eigenvalue weighted by Crippen LogP contribution is 2.64. The molecule has 2 fully saturated rings. The molecule has 2 unspecified atom stereocenters. The summed E-state index contributed by atoms with van der Waals surface area (Å²) in [6.07, 6.45) is 3.27. The fourth-order valence-electron chi connectivity index (χ4n) is 2.37. The molecular formula is C8H13O2P. The van der Waals surface area contributed by atoms with Crippen LogP contribution < -0.4 is 0 Å². The van der Waals surface area contributed by atoms with E-state index in [1.54, 1.807) is 0 Å². The average Bonchev–Trinajstić information content (AvgIpc) is 2.19. The van der Waals surface area contributed by atoms with Crippen molar-refractivity contribution in [2.24, 2.45) is 0 Å². The zero-order valence-electron chi connectivity index (χ0n) is 6.75. The lowest BCUT2D eigenvalue weighted by molar-refractivity contribution is -0.119. The molecule has 2 bridgehead atoms. The Bertz CT molecular complexity index is 226. The van der Waals surface area contributed by atoms with E-state index in [1.165, 1.54) is 0 Å². The molecule has 11 heavy (non-hydrogen) atoms. The topological polar surface area (TPSA) is 34.1 Å². The standard InChI is InChI=1S/C8H13O2P/c1-11(10)7-2-3-8(11)5-6(9)4-7/h7-8H,2-5H2,1H3. The lowest BCUT2D eigenvalue weighted by atomic mass is 10.2. The zero-order valence-corrected chi connectivity index (χ0v) is 7.64. The van der Waals surface area contributed by atoms with Gasteiger partial charge in [-0.15, -0.1) is 0 Å². The minimum Gasteiger partial charge on any atom is -0.323 e. The van der Waals surface area contributed by atoms with Crippen molar-refractivity contribution in [3.8, 4) is 0 Å². The van der Waals surface area contributed by atoms with Gasteiger partial charge < -0.3 is 4.57 Å². The molecule has 3 heteroatoms. The lowest BCUT2D eigenvalue weighted by Gasteiger charge is -2.26. The van der Waals surface area contributed by atoms with Crippen molar-refractivity contribution in [2.45, 2.75) is 37.0 Å². The summed E-state index contributed by atoms with van der Waals surface area (Å²) in [4.78, 5) is 11.1. The van der Waals surface area contributed by atoms with Crippen molar-refractivity contribution < 1.29 is 9.36 Å². The SMILES string of the molecule is CP1(=O)C2CCC1CC(=O)C2. The second-order valence-corrected chi connectivity index (χ2v) is 7.47. The maximum Gasteiger partial charge on any atom is 0.134 e. The molecule has 62 valence electrons. The van der Waals surface area contributed by atoms with Gasteiger partial charge in [-0.3, -0.25) is 4.79 Å². The molecule has 2 aliphatic rings. The summed E-state index contributed by atoms with van der Waals surface area (Å²) in [7, 11) is -1.92. The van der Waals surface area contributed by atoms with E-state index in [4.69, 9.17) is 0 Å². The van der Waals surface area contributed by atoms with Gasteiger partial charge in [-0.1, -0.05) is 0 Å². The third-order valence-electron chi connectivity index (χ3n) is 3.21. The summed E-state index contributed by atoms with van der Waals surface area (Å²) in [6.45, 7) is 1.89. The van der Waals surface area contributed by atoms with Gasteiger partial charge in [0.25, 0.3) is 0 Å². The molecule has 2 saturated heterocycles. The first-order valence-electron chi connectivity index (χ1n) is 4.19. The van der Waals surface area contributed by atoms with Crippen LogP contribution in [0.2, 0.25) is 0 Å². The Morgan fingerprint density at radius 2 is 1.73 bits per heavy atom. The number of carbonyl (C=O) groups excluding carboxylic acids is 1. The van der Waals surface area contributed by atoms with E-state index in [0.29, 0.717) is 18.6 Å². The highest BCUT2D eigenvalue weighted by atomic mass is 31.2. The predicted molar refractivity (Wildman–Crippen MR) is 44.6 cm³/mol. The van der Waals surface area contributed by atoms with Crippen molar-refractivity contribution in [3.63, 3.8) is 0 Å². The molecule has 0 N–H and O–H groups in total. The number of hydrogen-bond acceptors (Lipinski definition) is 2. The van der Waals surface area contributed by atoms with Gasteiger partial charge in [0.1, 0.15) is 5.78 Å². The van der Waals surface area contributed by atoms with E-state index in [0.717, 1.165) is 12.8 Å². The fraction of sp³-hybridized carbons (Fsp3) is 0.875. The van der Waals surface area contributed by atoms with Crippen LogP contribution in [0.1, 0.15) is 25.7 Å². The summed E-state index contributed by atoms with van der Waals surface area (Å²) in [5, 5.41) is 0. The summed E-state index contributed by atoms with van der Waals surface area (Å²) in [6, 6.07) is 0. The zero-order chi connectivity index (χ0) is 8.06. The van der Waals surface area contributed by atoms with Crippen molar-refractivity contribution in [1.29, 1.82) is 0 Å². The summed E-state index contributed by atoms with van der Waals surface area (Å²) in [5.41, 5.74) is 0.516. The molecule has 2 atom stereocenters. The molecule has 0 aromatic rings. The Balaban J connectivity index is 2.33. The van der Waals surface area contributed by atoms with Gasteiger partial charge in [-0.05, 0) is 19.5 Å². The van der Waals surface area contributed by atoms with Gasteiger partial charge in [0.15, 0.2) is 0 Å². The molecule has 2 aliphatic heterocycles. The van der Waals surface area contributed by atoms with Crippen LogP contribution in [0.3, 0.4) is 0 Å². The average molecular weight is 172 g/mol. The first-order valence-corrected chi connectivity index (χ1v) is 6.48. The molecule has 0 spiro atoms. The lowest BCUT2D eigenvalue weighted by Crippen LogP contribution is -2.21. The molecular weight excluding hydrogens is 159 g/mol. The second-order valence-electron chi connectivity index (χ2n) is 3.89. The largest absolute Gasteiger partial charge is 0.323 e. The van der Waals surface area contributed by atoms with Crippen molar-refractivity contribution >= 4 is 12.9 Å². The Morgan fingerprint density at radius 1 is 1.27 bits per heavy atom. The van der Waals surface area contributed by atoms with E-state index in [-0.39, 0.29) is 11.3 Å². The summed E-state index contributed by atoms with van der Waals surface area (Å²) in [5.74, 6) is 0.339. The molecule has 0 aliphatic carbocycles. The third kappa shape index (κ3) is 0.997. The van der Waals surface area contributed by atoms with Gasteiger partial charge in [-0.25, -0.2) is 0 Å². The van der Waals surface area contributed by atoms with Crippen LogP contribution in [0.25, 0.3) is 0 Å². The Labute approximate surface area is 66.7 Å². The minimum atomic E-state index is -1.92. The molecule has 0 saturated carbocycles. The molecule has 0 amide bonds. The third-order valence-corrected chi connectivity index (χ3v) is 6.99. The summed E-state index contributed by atoms with van der Waals surface area (Å²) >= 11 is 0. The van der Waals surface area contributed by atoms with Gasteiger partial charge in [0.05, 0.1) is 7.14 Å². The fourth-order valence-corrected chi connectivity index (χ4v) is 5.42. The van der Waals surface area contributed by atoms with Crippen molar-refractivity contribution in [1.82, 2.24) is 0 Å². The smallest absolute Gasteiger partial charge is 0.134 e. The maximum atomic E-state index is 12.0. The normalized spacial score (nSPS) is 49.7. The predicted octanol–water partition coefficient (Wildman–Crippen LogP) is 1.87. The van der Waals surface area contributed by atoms with E-state index >= 15 is 0 Å². The molecule has 0 radical (unpaired) electrons. The maximum absolute atomic E-state index is 12.0. The summed E-state index contributed by atoms with van der Waals surface area (Å²) < 4.78 is 12.0. The van der Waals surface area contributed by atoms with Crippen LogP contribution in [0.15, 0.2) is 0 Å². The Hall–Kier alpha value is -0.100. The van der Waals surface area contributed by atoms with Crippen LogP contribution in [-0.4, -0.2) is 23.8 Å². The molecule has 0 aromatic carbocycles. The first-order chi connectivity index (χ1) is 5.10. The Kier molecular flexibility index (Phi) is 1.51. The number of Topliss-reactive ketones (excluding diaryl/α,β-unsaturated/α-hetero) is 1.